The first-order valence-electron chi connectivity index (χ1n) is 10.2. The van der Waals surface area contributed by atoms with Gasteiger partial charge < -0.3 is 14.8 Å². The van der Waals surface area contributed by atoms with Crippen molar-refractivity contribution in [2.24, 2.45) is 0 Å². The summed E-state index contributed by atoms with van der Waals surface area (Å²) in [5, 5.41) is 3.72. The number of thioether (sulfide) groups is 1. The summed E-state index contributed by atoms with van der Waals surface area (Å²) >= 11 is 7.21. The molecule has 3 aromatic carbocycles. The SMILES string of the molecule is CCOc1ccc(N2C(=O)C(Nc3ccc(OC)cc3)=C(Sc3ccc(Cl)cc3)C2=O)cc1. The molecule has 3 aromatic rings. The van der Waals surface area contributed by atoms with E-state index in [2.05, 4.69) is 5.32 Å². The molecule has 4 rings (SSSR count). The van der Waals surface area contributed by atoms with Crippen molar-refractivity contribution in [2.75, 3.05) is 23.9 Å². The predicted molar refractivity (Wildman–Crippen MR) is 131 cm³/mol. The maximum atomic E-state index is 13.4. The molecule has 0 aliphatic carbocycles. The van der Waals surface area contributed by atoms with Gasteiger partial charge >= 0.3 is 0 Å². The number of imide groups is 1. The molecule has 1 N–H and O–H groups in total. The van der Waals surface area contributed by atoms with Gasteiger partial charge in [-0.3, -0.25) is 9.59 Å². The molecule has 0 spiro atoms. The Morgan fingerprint density at radius 3 is 2.12 bits per heavy atom. The molecule has 6 nitrogen and oxygen atoms in total. The number of anilines is 2. The van der Waals surface area contributed by atoms with E-state index in [-0.39, 0.29) is 5.70 Å². The number of nitrogens with one attached hydrogen (secondary N) is 1. The highest BCUT2D eigenvalue weighted by molar-refractivity contribution is 8.04. The third kappa shape index (κ3) is 4.99. The van der Waals surface area contributed by atoms with E-state index in [1.54, 1.807) is 67.8 Å². The van der Waals surface area contributed by atoms with E-state index < -0.39 is 11.8 Å². The van der Waals surface area contributed by atoms with Crippen LogP contribution in [0, 0.1) is 0 Å². The molecule has 33 heavy (non-hydrogen) atoms. The third-order valence-corrected chi connectivity index (χ3v) is 6.18. The third-order valence-electron chi connectivity index (χ3n) is 4.84. The van der Waals surface area contributed by atoms with Crippen molar-refractivity contribution in [2.45, 2.75) is 11.8 Å². The molecule has 168 valence electrons. The first-order valence-corrected chi connectivity index (χ1v) is 11.4. The van der Waals surface area contributed by atoms with Crippen LogP contribution in [0.5, 0.6) is 11.5 Å². The zero-order valence-electron chi connectivity index (χ0n) is 18.0. The standard InChI is InChI=1S/C25H21ClN2O4S/c1-3-32-20-12-8-18(9-13-20)28-24(29)22(27-17-6-10-19(31-2)11-7-17)23(25(28)30)33-21-14-4-16(26)5-15-21/h4-15,27H,3H2,1-2H3. The van der Waals surface area contributed by atoms with Crippen LogP contribution in [0.2, 0.25) is 5.02 Å². The van der Waals surface area contributed by atoms with Crippen LogP contribution in [0.25, 0.3) is 0 Å². The van der Waals surface area contributed by atoms with Crippen LogP contribution in [0.1, 0.15) is 6.92 Å². The van der Waals surface area contributed by atoms with Crippen LogP contribution in [-0.2, 0) is 9.59 Å². The Kier molecular flexibility index (Phi) is 6.91. The molecule has 1 aliphatic rings. The van der Waals surface area contributed by atoms with Crippen molar-refractivity contribution in [1.82, 2.24) is 0 Å². The lowest BCUT2D eigenvalue weighted by molar-refractivity contribution is -0.120. The molecular formula is C25H21ClN2O4S. The molecule has 0 fully saturated rings. The maximum Gasteiger partial charge on any atom is 0.283 e. The first-order chi connectivity index (χ1) is 16.0. The van der Waals surface area contributed by atoms with Gasteiger partial charge in [0.05, 0.1) is 19.4 Å². The monoisotopic (exact) mass is 480 g/mol. The number of nitrogens with zero attached hydrogens (tertiary/aromatic N) is 1. The number of hydrogen-bond acceptors (Lipinski definition) is 6. The van der Waals surface area contributed by atoms with Gasteiger partial charge in [0, 0.05) is 15.6 Å². The summed E-state index contributed by atoms with van der Waals surface area (Å²) in [5.41, 5.74) is 1.34. The average Bonchev–Trinajstić information content (AvgIpc) is 3.05. The summed E-state index contributed by atoms with van der Waals surface area (Å²) in [5.74, 6) is 0.521. The number of carbonyl (C=O) groups is 2. The lowest BCUT2D eigenvalue weighted by Crippen LogP contribution is -2.32. The van der Waals surface area contributed by atoms with Gasteiger partial charge in [-0.2, -0.15) is 0 Å². The Morgan fingerprint density at radius 1 is 0.879 bits per heavy atom. The molecular weight excluding hydrogens is 460 g/mol. The van der Waals surface area contributed by atoms with Crippen LogP contribution in [0.4, 0.5) is 11.4 Å². The number of benzene rings is 3. The zero-order valence-corrected chi connectivity index (χ0v) is 19.6. The van der Waals surface area contributed by atoms with Crippen LogP contribution < -0.4 is 19.7 Å². The van der Waals surface area contributed by atoms with Gasteiger partial charge in [-0.05, 0) is 79.7 Å². The van der Waals surface area contributed by atoms with Gasteiger partial charge in [-0.15, -0.1) is 0 Å². The van der Waals surface area contributed by atoms with Crippen molar-refractivity contribution >= 4 is 46.6 Å². The van der Waals surface area contributed by atoms with Gasteiger partial charge in [0.2, 0.25) is 0 Å². The van der Waals surface area contributed by atoms with E-state index in [0.717, 1.165) is 4.90 Å². The van der Waals surface area contributed by atoms with Gasteiger partial charge in [0.15, 0.2) is 0 Å². The van der Waals surface area contributed by atoms with E-state index in [0.29, 0.717) is 39.4 Å². The summed E-state index contributed by atoms with van der Waals surface area (Å²) in [6.07, 6.45) is 0. The average molecular weight is 481 g/mol. The highest BCUT2D eigenvalue weighted by Gasteiger charge is 2.40. The Bertz CT molecular complexity index is 1190. The van der Waals surface area contributed by atoms with Crippen molar-refractivity contribution in [3.8, 4) is 11.5 Å². The van der Waals surface area contributed by atoms with Crippen molar-refractivity contribution in [3.05, 3.63) is 88.4 Å². The lowest BCUT2D eigenvalue weighted by Gasteiger charge is -2.16. The lowest BCUT2D eigenvalue weighted by atomic mass is 10.2. The molecule has 0 saturated heterocycles. The second-order valence-electron chi connectivity index (χ2n) is 6.99. The second-order valence-corrected chi connectivity index (χ2v) is 8.51. The van der Waals surface area contributed by atoms with E-state index in [1.807, 2.05) is 19.1 Å². The van der Waals surface area contributed by atoms with Crippen LogP contribution in [0.3, 0.4) is 0 Å². The second kappa shape index (κ2) is 10.0. The number of methoxy groups -OCH3 is 1. The minimum Gasteiger partial charge on any atom is -0.497 e. The Hall–Kier alpha value is -3.42. The largest absolute Gasteiger partial charge is 0.497 e. The van der Waals surface area contributed by atoms with Gasteiger partial charge in [-0.1, -0.05) is 23.4 Å². The highest BCUT2D eigenvalue weighted by atomic mass is 35.5. The van der Waals surface area contributed by atoms with Crippen LogP contribution in [-0.4, -0.2) is 25.5 Å². The number of ether oxygens (including phenoxy) is 2. The van der Waals surface area contributed by atoms with Crippen LogP contribution in [0.15, 0.2) is 88.3 Å². The Morgan fingerprint density at radius 2 is 1.52 bits per heavy atom. The van der Waals surface area contributed by atoms with Crippen molar-refractivity contribution < 1.29 is 19.1 Å². The number of rotatable bonds is 8. The quantitative estimate of drug-likeness (QED) is 0.415. The molecule has 0 atom stereocenters. The predicted octanol–water partition coefficient (Wildman–Crippen LogP) is 5.74. The molecule has 0 unspecified atom stereocenters. The maximum absolute atomic E-state index is 13.4. The number of carbonyl (C=O) groups excluding carboxylic acids is 2. The van der Waals surface area contributed by atoms with Crippen LogP contribution >= 0.6 is 23.4 Å². The van der Waals surface area contributed by atoms with E-state index in [9.17, 15) is 9.59 Å². The smallest absolute Gasteiger partial charge is 0.283 e. The fourth-order valence-corrected chi connectivity index (χ4v) is 4.30. The first kappa shape index (κ1) is 22.8. The molecule has 0 aromatic heterocycles. The van der Waals surface area contributed by atoms with E-state index in [4.69, 9.17) is 21.1 Å². The van der Waals surface area contributed by atoms with E-state index >= 15 is 0 Å². The molecule has 2 amide bonds. The van der Waals surface area contributed by atoms with Crippen molar-refractivity contribution in [1.29, 1.82) is 0 Å². The number of halogens is 1. The fourth-order valence-electron chi connectivity index (χ4n) is 3.25. The normalized spacial score (nSPS) is 13.5. The highest BCUT2D eigenvalue weighted by Crippen LogP contribution is 2.38. The van der Waals surface area contributed by atoms with Gasteiger partial charge in [0.1, 0.15) is 22.1 Å². The molecule has 8 heteroatoms. The Balaban J connectivity index is 1.68. The van der Waals surface area contributed by atoms with E-state index in [1.165, 1.54) is 16.7 Å². The summed E-state index contributed by atoms with van der Waals surface area (Å²) in [4.78, 5) is 29.1. The molecule has 0 saturated carbocycles. The molecule has 1 aliphatic heterocycles. The minimum atomic E-state index is -0.434. The summed E-state index contributed by atoms with van der Waals surface area (Å²) < 4.78 is 10.7. The van der Waals surface area contributed by atoms with Gasteiger partial charge in [0.25, 0.3) is 11.8 Å². The van der Waals surface area contributed by atoms with Crippen molar-refractivity contribution in [3.63, 3.8) is 0 Å². The number of amides is 2. The summed E-state index contributed by atoms with van der Waals surface area (Å²) in [6.45, 7) is 2.42. The van der Waals surface area contributed by atoms with Gasteiger partial charge in [-0.25, -0.2) is 4.90 Å². The Labute approximate surface area is 201 Å². The topological polar surface area (TPSA) is 67.9 Å². The molecule has 0 radical (unpaired) electrons. The molecule has 1 heterocycles. The number of hydrogen-bond donors (Lipinski definition) is 1. The minimum absolute atomic E-state index is 0.207. The molecule has 0 bridgehead atoms. The fraction of sp³-hybridized carbons (Fsp3) is 0.120. The summed E-state index contributed by atoms with van der Waals surface area (Å²) in [7, 11) is 1.58. The summed E-state index contributed by atoms with van der Waals surface area (Å²) in [6, 6.07) is 21.1. The zero-order chi connectivity index (χ0) is 23.4.